The van der Waals surface area contributed by atoms with E-state index in [1.165, 1.54) is 11.8 Å². The van der Waals surface area contributed by atoms with Crippen LogP contribution in [0.15, 0.2) is 33.1 Å². The van der Waals surface area contributed by atoms with Crippen LogP contribution in [0.1, 0.15) is 23.2 Å². The van der Waals surface area contributed by atoms with Crippen molar-refractivity contribution in [2.45, 2.75) is 12.8 Å². The van der Waals surface area contributed by atoms with Crippen molar-refractivity contribution >= 4 is 21.8 Å². The second-order valence-corrected chi connectivity index (χ2v) is 4.65. The molecule has 2 N–H and O–H groups in total. The number of nitrogens with one attached hydrogen (secondary N) is 2. The van der Waals surface area contributed by atoms with Crippen molar-refractivity contribution < 1.29 is 9.21 Å². The van der Waals surface area contributed by atoms with Gasteiger partial charge in [0.2, 0.25) is 0 Å². The van der Waals surface area contributed by atoms with Gasteiger partial charge in [-0.05, 0) is 41.4 Å². The fourth-order valence-electron chi connectivity index (χ4n) is 1.78. The second-order valence-electron chi connectivity index (χ2n) is 3.93. The maximum atomic E-state index is 11.7. The topological polar surface area (TPSA) is 54.3 Å². The van der Waals surface area contributed by atoms with E-state index in [2.05, 4.69) is 32.6 Å². The monoisotopic (exact) mass is 298 g/mol. The van der Waals surface area contributed by atoms with Gasteiger partial charge in [-0.2, -0.15) is 0 Å². The second kappa shape index (κ2) is 6.02. The highest BCUT2D eigenvalue weighted by Crippen LogP contribution is 2.17. The minimum absolute atomic E-state index is 0.0971. The summed E-state index contributed by atoms with van der Waals surface area (Å²) in [6, 6.07) is 1.66. The van der Waals surface area contributed by atoms with Crippen molar-refractivity contribution in [3.8, 4) is 0 Å². The molecule has 2 heterocycles. The largest absolute Gasteiger partial charge is 0.457 e. The fraction of sp³-hybridized carbons (Fsp3) is 0.417. The Morgan fingerprint density at radius 3 is 3.12 bits per heavy atom. The van der Waals surface area contributed by atoms with Gasteiger partial charge >= 0.3 is 0 Å². The van der Waals surface area contributed by atoms with Gasteiger partial charge in [0.15, 0.2) is 4.67 Å². The van der Waals surface area contributed by atoms with Gasteiger partial charge in [0.1, 0.15) is 0 Å². The Bertz CT molecular complexity index is 426. The van der Waals surface area contributed by atoms with Crippen LogP contribution >= 0.6 is 15.9 Å². The number of hydrogen-bond acceptors (Lipinski definition) is 3. The zero-order valence-electron chi connectivity index (χ0n) is 9.46. The van der Waals surface area contributed by atoms with Gasteiger partial charge in [0.05, 0.1) is 11.8 Å². The summed E-state index contributed by atoms with van der Waals surface area (Å²) >= 11 is 3.19. The summed E-state index contributed by atoms with van der Waals surface area (Å²) in [7, 11) is 0. The molecule has 0 fully saturated rings. The minimum atomic E-state index is -0.0971. The molecule has 92 valence electrons. The highest BCUT2D eigenvalue weighted by molar-refractivity contribution is 9.10. The smallest absolute Gasteiger partial charge is 0.255 e. The molecular formula is C12H15BrN2O2. The number of hydrogen-bond donors (Lipinski definition) is 2. The molecule has 1 aromatic heterocycles. The maximum Gasteiger partial charge on any atom is 0.255 e. The van der Waals surface area contributed by atoms with Gasteiger partial charge < -0.3 is 15.1 Å². The molecule has 17 heavy (non-hydrogen) atoms. The molecule has 5 heteroatoms. The van der Waals surface area contributed by atoms with Crippen molar-refractivity contribution in [3.05, 3.63) is 34.2 Å². The van der Waals surface area contributed by atoms with Crippen LogP contribution in [0.3, 0.4) is 0 Å². The van der Waals surface area contributed by atoms with Crippen LogP contribution in [0, 0.1) is 0 Å². The summed E-state index contributed by atoms with van der Waals surface area (Å²) in [5.41, 5.74) is 1.96. The number of amides is 1. The summed E-state index contributed by atoms with van der Waals surface area (Å²) in [6.45, 7) is 2.64. The lowest BCUT2D eigenvalue weighted by Crippen LogP contribution is -2.26. The molecule has 0 spiro atoms. The molecule has 0 aliphatic carbocycles. The van der Waals surface area contributed by atoms with Crippen LogP contribution in [0.4, 0.5) is 0 Å². The molecule has 2 rings (SSSR count). The first kappa shape index (κ1) is 12.4. The van der Waals surface area contributed by atoms with E-state index >= 15 is 0 Å². The zero-order chi connectivity index (χ0) is 12.1. The molecule has 1 aromatic rings. The normalized spacial score (nSPS) is 15.5. The van der Waals surface area contributed by atoms with Crippen molar-refractivity contribution in [2.75, 3.05) is 19.6 Å². The molecule has 0 radical (unpaired) electrons. The predicted octanol–water partition coefficient (Wildman–Crippen LogP) is 2.08. The fourth-order valence-corrected chi connectivity index (χ4v) is 2.20. The molecule has 1 aliphatic rings. The van der Waals surface area contributed by atoms with Crippen molar-refractivity contribution in [1.82, 2.24) is 10.6 Å². The number of carbonyl (C=O) groups is 1. The third-order valence-electron chi connectivity index (χ3n) is 2.75. The van der Waals surface area contributed by atoms with Crippen LogP contribution in [0.25, 0.3) is 0 Å². The summed E-state index contributed by atoms with van der Waals surface area (Å²) in [5, 5.41) is 6.14. The van der Waals surface area contributed by atoms with Gasteiger partial charge in [-0.15, -0.1) is 0 Å². The average molecular weight is 299 g/mol. The summed E-state index contributed by atoms with van der Waals surface area (Å²) < 4.78 is 5.50. The maximum absolute atomic E-state index is 11.7. The van der Waals surface area contributed by atoms with Gasteiger partial charge in [-0.3, -0.25) is 4.79 Å². The Morgan fingerprint density at radius 1 is 1.59 bits per heavy atom. The zero-order valence-corrected chi connectivity index (χ0v) is 11.0. The standard InChI is InChI=1S/C12H15BrN2O2/c13-11-10(4-8-17-11)12(16)15-7-3-9-1-5-14-6-2-9/h1,4,8,14H,2-3,5-7H2,(H,15,16). The first-order chi connectivity index (χ1) is 8.27. The number of rotatable bonds is 4. The first-order valence-corrected chi connectivity index (χ1v) is 6.46. The molecular weight excluding hydrogens is 284 g/mol. The molecule has 0 bridgehead atoms. The van der Waals surface area contributed by atoms with E-state index < -0.39 is 0 Å². The van der Waals surface area contributed by atoms with Gasteiger partial charge in [0.25, 0.3) is 5.91 Å². The van der Waals surface area contributed by atoms with Crippen LogP contribution in [-0.4, -0.2) is 25.5 Å². The molecule has 1 amide bonds. The molecule has 4 nitrogen and oxygen atoms in total. The third kappa shape index (κ3) is 3.44. The third-order valence-corrected chi connectivity index (χ3v) is 3.37. The predicted molar refractivity (Wildman–Crippen MR) is 68.9 cm³/mol. The molecule has 0 aromatic carbocycles. The van der Waals surface area contributed by atoms with Crippen molar-refractivity contribution in [3.63, 3.8) is 0 Å². The Labute approximate surface area is 109 Å². The SMILES string of the molecule is O=C(NCCC1=CCNCC1)c1ccoc1Br. The lowest BCUT2D eigenvalue weighted by molar-refractivity contribution is 0.0952. The lowest BCUT2D eigenvalue weighted by Gasteiger charge is -2.13. The highest BCUT2D eigenvalue weighted by atomic mass is 79.9. The summed E-state index contributed by atoms with van der Waals surface area (Å²) in [6.07, 6.45) is 5.69. The number of furan rings is 1. The molecule has 0 saturated heterocycles. The minimum Gasteiger partial charge on any atom is -0.457 e. The first-order valence-electron chi connectivity index (χ1n) is 5.67. The Morgan fingerprint density at radius 2 is 2.47 bits per heavy atom. The van der Waals surface area contributed by atoms with E-state index in [0.717, 1.165) is 25.9 Å². The van der Waals surface area contributed by atoms with E-state index in [0.29, 0.717) is 16.8 Å². The quantitative estimate of drug-likeness (QED) is 0.837. The molecule has 0 saturated carbocycles. The Balaban J connectivity index is 1.77. The molecule has 0 atom stereocenters. The average Bonchev–Trinajstić information content (AvgIpc) is 2.77. The Hall–Kier alpha value is -1.07. The van der Waals surface area contributed by atoms with Crippen LogP contribution in [-0.2, 0) is 0 Å². The number of carbonyl (C=O) groups excluding carboxylic acids is 1. The van der Waals surface area contributed by atoms with Crippen LogP contribution in [0.5, 0.6) is 0 Å². The number of halogens is 1. The van der Waals surface area contributed by atoms with Crippen molar-refractivity contribution in [1.29, 1.82) is 0 Å². The van der Waals surface area contributed by atoms with Gasteiger partial charge in [0, 0.05) is 13.1 Å². The molecule has 1 aliphatic heterocycles. The highest BCUT2D eigenvalue weighted by Gasteiger charge is 2.12. The Kier molecular flexibility index (Phi) is 4.39. The van der Waals surface area contributed by atoms with E-state index in [1.807, 2.05) is 0 Å². The van der Waals surface area contributed by atoms with Crippen LogP contribution < -0.4 is 10.6 Å². The van der Waals surface area contributed by atoms with Crippen LogP contribution in [0.2, 0.25) is 0 Å². The summed E-state index contributed by atoms with van der Waals surface area (Å²) in [5.74, 6) is -0.0971. The van der Waals surface area contributed by atoms with Gasteiger partial charge in [-0.1, -0.05) is 11.6 Å². The summed E-state index contributed by atoms with van der Waals surface area (Å²) in [4.78, 5) is 11.7. The molecule has 0 unspecified atom stereocenters. The van der Waals surface area contributed by atoms with E-state index in [9.17, 15) is 4.79 Å². The van der Waals surface area contributed by atoms with E-state index in [-0.39, 0.29) is 5.91 Å². The van der Waals surface area contributed by atoms with E-state index in [4.69, 9.17) is 4.42 Å². The lowest BCUT2D eigenvalue weighted by atomic mass is 10.1. The van der Waals surface area contributed by atoms with Gasteiger partial charge in [-0.25, -0.2) is 0 Å². The van der Waals surface area contributed by atoms with E-state index in [1.54, 1.807) is 6.07 Å². The van der Waals surface area contributed by atoms with Crippen molar-refractivity contribution in [2.24, 2.45) is 0 Å².